The molecule has 0 bridgehead atoms. The first-order valence-electron chi connectivity index (χ1n) is 12.5. The highest BCUT2D eigenvalue weighted by Crippen LogP contribution is 2.47. The number of benzene rings is 1. The van der Waals surface area contributed by atoms with Gasteiger partial charge in [-0.25, -0.2) is 13.8 Å². The molecule has 1 aliphatic carbocycles. The van der Waals surface area contributed by atoms with E-state index >= 15 is 0 Å². The summed E-state index contributed by atoms with van der Waals surface area (Å²) in [6.07, 6.45) is 2.45. The number of aromatic nitrogens is 2. The summed E-state index contributed by atoms with van der Waals surface area (Å²) in [6, 6.07) is 7.94. The maximum absolute atomic E-state index is 14.9. The molecular weight excluding hydrogens is 529 g/mol. The van der Waals surface area contributed by atoms with Crippen molar-refractivity contribution < 1.29 is 13.2 Å². The molecule has 8 nitrogen and oxygen atoms in total. The van der Waals surface area contributed by atoms with Gasteiger partial charge in [0.2, 0.25) is 5.95 Å². The summed E-state index contributed by atoms with van der Waals surface area (Å²) in [7, 11) is 0. The first kappa shape index (κ1) is 26.8. The van der Waals surface area contributed by atoms with E-state index in [9.17, 15) is 18.4 Å². The summed E-state index contributed by atoms with van der Waals surface area (Å²) in [5.74, 6) is -0.709. The second-order valence-corrected chi connectivity index (χ2v) is 11.4. The fraction of sp³-hybridized carbons (Fsp3) is 0.370. The van der Waals surface area contributed by atoms with Crippen molar-refractivity contribution in [1.82, 2.24) is 25.9 Å². The second-order valence-electron chi connectivity index (χ2n) is 11.0. The van der Waals surface area contributed by atoms with E-state index in [1.54, 1.807) is 24.3 Å². The Kier molecular flexibility index (Phi) is 6.95. The van der Waals surface area contributed by atoms with Crippen LogP contribution in [0.25, 0.3) is 10.9 Å². The maximum atomic E-state index is 14.9. The van der Waals surface area contributed by atoms with Crippen LogP contribution in [0.2, 0.25) is 5.02 Å². The smallest absolute Gasteiger partial charge is 0.262 e. The zero-order valence-electron chi connectivity index (χ0n) is 21.6. The summed E-state index contributed by atoms with van der Waals surface area (Å²) < 4.78 is 42.4. The molecule has 2 aliphatic rings. The minimum Gasteiger partial charge on any atom is -0.383 e. The number of nitriles is 1. The molecular formula is C27H28ClF3N8. The third kappa shape index (κ3) is 5.27. The van der Waals surface area contributed by atoms with Crippen LogP contribution in [0.3, 0.4) is 0 Å². The van der Waals surface area contributed by atoms with Crippen LogP contribution in [-0.2, 0) is 0 Å². The molecule has 204 valence electrons. The van der Waals surface area contributed by atoms with E-state index in [4.69, 9.17) is 11.6 Å². The van der Waals surface area contributed by atoms with Gasteiger partial charge in [0, 0.05) is 41.8 Å². The van der Waals surface area contributed by atoms with Gasteiger partial charge >= 0.3 is 0 Å². The van der Waals surface area contributed by atoms with Crippen molar-refractivity contribution in [2.75, 3.05) is 17.2 Å². The third-order valence-electron chi connectivity index (χ3n) is 6.80. The lowest BCUT2D eigenvalue weighted by Crippen LogP contribution is -2.48. The van der Waals surface area contributed by atoms with Crippen LogP contribution in [0.4, 0.5) is 24.5 Å². The predicted molar refractivity (Wildman–Crippen MR) is 144 cm³/mol. The fourth-order valence-electron chi connectivity index (χ4n) is 4.48. The van der Waals surface area contributed by atoms with E-state index in [0.717, 1.165) is 0 Å². The molecule has 0 radical (unpaired) electrons. The van der Waals surface area contributed by atoms with Gasteiger partial charge in [0.15, 0.2) is 0 Å². The molecule has 12 heteroatoms. The maximum Gasteiger partial charge on any atom is 0.262 e. The lowest BCUT2D eigenvalue weighted by Gasteiger charge is -2.25. The Morgan fingerprint density at radius 1 is 1.26 bits per heavy atom. The number of alkyl halides is 2. The molecule has 2 aromatic heterocycles. The molecule has 0 spiro atoms. The Labute approximate surface area is 229 Å². The van der Waals surface area contributed by atoms with Crippen LogP contribution in [0.5, 0.6) is 0 Å². The van der Waals surface area contributed by atoms with Crippen molar-refractivity contribution in [3.05, 3.63) is 70.7 Å². The third-order valence-corrected chi connectivity index (χ3v) is 7.09. The highest BCUT2D eigenvalue weighted by Gasteiger charge is 2.56. The number of hydrogen-bond donors (Lipinski definition) is 4. The zero-order valence-corrected chi connectivity index (χ0v) is 22.4. The molecule has 1 atom stereocenters. The van der Waals surface area contributed by atoms with Crippen LogP contribution >= 0.6 is 11.6 Å². The summed E-state index contributed by atoms with van der Waals surface area (Å²) >= 11 is 6.63. The Morgan fingerprint density at radius 3 is 2.67 bits per heavy atom. The number of hydrogen-bond acceptors (Lipinski definition) is 8. The van der Waals surface area contributed by atoms with E-state index in [0.29, 0.717) is 57.9 Å². The molecule has 1 aliphatic heterocycles. The topological polar surface area (TPSA) is 101 Å². The van der Waals surface area contributed by atoms with E-state index in [1.165, 1.54) is 23.6 Å². The summed E-state index contributed by atoms with van der Waals surface area (Å²) in [5, 5.41) is 18.7. The molecule has 1 fully saturated rings. The molecule has 0 saturated heterocycles. The average Bonchev–Trinajstić information content (AvgIpc) is 3.56. The minimum absolute atomic E-state index is 0.0679. The lowest BCUT2D eigenvalue weighted by atomic mass is 9.96. The van der Waals surface area contributed by atoms with Gasteiger partial charge in [0.05, 0.1) is 33.5 Å². The van der Waals surface area contributed by atoms with Crippen molar-refractivity contribution in [2.45, 2.75) is 51.6 Å². The van der Waals surface area contributed by atoms with Gasteiger partial charge < -0.3 is 16.1 Å². The van der Waals surface area contributed by atoms with Crippen molar-refractivity contribution in [2.24, 2.45) is 5.41 Å². The highest BCUT2D eigenvalue weighted by molar-refractivity contribution is 6.35. The van der Waals surface area contributed by atoms with Gasteiger partial charge in [-0.1, -0.05) is 38.4 Å². The standard InChI is InChI=1S/C27H28ClF3N8/c1-26(2,3)14-35-21-15(11-32)12-34-22-18(21)9-16(10-19(22)28)36-23(17-5-4-8-33-24(17)29)20-13-39(38-37-20)27(6-7-27)25(30)31/h4-5,8-10,12-13,23,25,36-38H,6-7,14H2,1-3H3,(H,34,35)/t23-/m1/s1. The van der Waals surface area contributed by atoms with Gasteiger partial charge in [-0.15, -0.1) is 5.53 Å². The number of nitrogens with zero attached hydrogens (tertiary/aromatic N) is 4. The van der Waals surface area contributed by atoms with Crippen LogP contribution in [0, 0.1) is 22.7 Å². The molecule has 4 N–H and O–H groups in total. The van der Waals surface area contributed by atoms with Crippen molar-refractivity contribution in [3.63, 3.8) is 0 Å². The molecule has 5 rings (SSSR count). The summed E-state index contributed by atoms with van der Waals surface area (Å²) in [6.45, 7) is 6.80. The normalized spacial score (nSPS) is 17.0. The van der Waals surface area contributed by atoms with Crippen LogP contribution < -0.4 is 21.6 Å². The van der Waals surface area contributed by atoms with Crippen molar-refractivity contribution in [3.8, 4) is 6.07 Å². The van der Waals surface area contributed by atoms with E-state index in [1.807, 2.05) is 0 Å². The summed E-state index contributed by atoms with van der Waals surface area (Å²) in [5.41, 5.74) is 6.91. The van der Waals surface area contributed by atoms with Crippen molar-refractivity contribution in [1.29, 1.82) is 5.26 Å². The summed E-state index contributed by atoms with van der Waals surface area (Å²) in [4.78, 5) is 8.16. The number of anilines is 2. The molecule has 39 heavy (non-hydrogen) atoms. The Hall–Kier alpha value is -3.75. The Morgan fingerprint density at radius 2 is 2.03 bits per heavy atom. The van der Waals surface area contributed by atoms with E-state index in [-0.39, 0.29) is 11.0 Å². The SMILES string of the molecule is CC(C)(C)CNc1c(C#N)cnc2c(Cl)cc(N[C@@H](C3=CN(C4(C(F)F)CC4)NN3)c3cccnc3F)cc12. The molecule has 1 aromatic carbocycles. The van der Waals surface area contributed by atoms with Crippen LogP contribution in [-0.4, -0.2) is 33.5 Å². The van der Waals surface area contributed by atoms with Gasteiger partial charge in [-0.05, 0) is 36.5 Å². The first-order chi connectivity index (χ1) is 18.5. The van der Waals surface area contributed by atoms with Crippen molar-refractivity contribution >= 4 is 33.9 Å². The van der Waals surface area contributed by atoms with Gasteiger partial charge in [0.1, 0.15) is 11.6 Å². The molecule has 3 heterocycles. The number of fused-ring (bicyclic) bond motifs is 1. The molecule has 0 amide bonds. The first-order valence-corrected chi connectivity index (χ1v) is 12.8. The lowest BCUT2D eigenvalue weighted by molar-refractivity contribution is 0.00911. The number of hydrazine groups is 2. The molecule has 0 unspecified atom stereocenters. The van der Waals surface area contributed by atoms with Gasteiger partial charge in [-0.3, -0.25) is 9.99 Å². The van der Waals surface area contributed by atoms with E-state index < -0.39 is 24.0 Å². The number of pyridine rings is 2. The van der Waals surface area contributed by atoms with Crippen LogP contribution in [0.1, 0.15) is 50.8 Å². The monoisotopic (exact) mass is 556 g/mol. The largest absolute Gasteiger partial charge is 0.383 e. The average molecular weight is 557 g/mol. The second kappa shape index (κ2) is 10.1. The minimum atomic E-state index is -2.55. The zero-order chi connectivity index (χ0) is 27.9. The van der Waals surface area contributed by atoms with Gasteiger partial charge in [-0.2, -0.15) is 9.65 Å². The Balaban J connectivity index is 1.57. The number of nitrogens with one attached hydrogen (secondary N) is 4. The predicted octanol–water partition coefficient (Wildman–Crippen LogP) is 5.87. The number of halogens is 4. The molecule has 3 aromatic rings. The van der Waals surface area contributed by atoms with E-state index in [2.05, 4.69) is 58.4 Å². The fourth-order valence-corrected chi connectivity index (χ4v) is 4.75. The quantitative estimate of drug-likeness (QED) is 0.256. The molecule has 1 saturated carbocycles. The Bertz CT molecular complexity index is 1480. The number of rotatable bonds is 8. The van der Waals surface area contributed by atoms with Gasteiger partial charge in [0.25, 0.3) is 6.43 Å². The van der Waals surface area contributed by atoms with Crippen LogP contribution in [0.15, 0.2) is 48.6 Å². The highest BCUT2D eigenvalue weighted by atomic mass is 35.5.